The van der Waals surface area contributed by atoms with Crippen LogP contribution >= 0.6 is 0 Å². The van der Waals surface area contributed by atoms with E-state index in [2.05, 4.69) is 5.32 Å². The number of aliphatic hydroxyl groups is 1. The first-order valence-electron chi connectivity index (χ1n) is 7.56. The van der Waals surface area contributed by atoms with E-state index in [1.807, 2.05) is 42.5 Å². The van der Waals surface area contributed by atoms with E-state index >= 15 is 0 Å². The van der Waals surface area contributed by atoms with E-state index in [1.165, 1.54) is 6.26 Å². The number of carbonyl (C=O) groups is 1. The molecule has 0 fully saturated rings. The second kappa shape index (κ2) is 6.26. The molecular weight excluding hydrogens is 290 g/mol. The summed E-state index contributed by atoms with van der Waals surface area (Å²) in [6, 6.07) is 17.3. The van der Waals surface area contributed by atoms with Gasteiger partial charge in [-0.2, -0.15) is 0 Å². The molecule has 1 aromatic heterocycles. The van der Waals surface area contributed by atoms with Gasteiger partial charge in [-0.15, -0.1) is 0 Å². The summed E-state index contributed by atoms with van der Waals surface area (Å²) < 4.78 is 5.21. The Labute approximate surface area is 134 Å². The van der Waals surface area contributed by atoms with Crippen LogP contribution < -0.4 is 5.32 Å². The number of hydrogen-bond acceptors (Lipinski definition) is 3. The number of benzene rings is 2. The summed E-state index contributed by atoms with van der Waals surface area (Å²) in [5.74, 6) is 0.302. The lowest BCUT2D eigenvalue weighted by atomic mass is 10.0. The van der Waals surface area contributed by atoms with Crippen LogP contribution in [0.2, 0.25) is 0 Å². The zero-order valence-electron chi connectivity index (χ0n) is 13.0. The molecular formula is C19H19NO3. The molecule has 2 N–H and O–H groups in total. The Balaban J connectivity index is 1.67. The van der Waals surface area contributed by atoms with Gasteiger partial charge in [0.2, 0.25) is 5.91 Å². The molecule has 0 saturated heterocycles. The molecule has 2 aromatic carbocycles. The number of furan rings is 1. The van der Waals surface area contributed by atoms with Gasteiger partial charge in [-0.1, -0.05) is 42.5 Å². The van der Waals surface area contributed by atoms with Gasteiger partial charge < -0.3 is 14.8 Å². The predicted octanol–water partition coefficient (Wildman–Crippen LogP) is 3.00. The standard InChI is InChI=1S/C19H19NO3/c1-19(22,17-10-5-11-23-17)13-20-18(21)12-15-8-4-7-14-6-2-3-9-16(14)15/h2-11,22H,12-13H2,1H3,(H,20,21). The van der Waals surface area contributed by atoms with Crippen molar-refractivity contribution in [3.05, 3.63) is 72.2 Å². The minimum atomic E-state index is -1.22. The van der Waals surface area contributed by atoms with Gasteiger partial charge in [0.25, 0.3) is 0 Å². The number of rotatable bonds is 5. The van der Waals surface area contributed by atoms with Crippen molar-refractivity contribution in [2.45, 2.75) is 18.9 Å². The van der Waals surface area contributed by atoms with Crippen LogP contribution in [0.5, 0.6) is 0 Å². The first-order chi connectivity index (χ1) is 11.1. The zero-order chi connectivity index (χ0) is 16.3. The molecule has 0 aliphatic rings. The molecule has 0 bridgehead atoms. The number of fused-ring (bicyclic) bond motifs is 1. The van der Waals surface area contributed by atoms with Gasteiger partial charge in [-0.3, -0.25) is 4.79 Å². The average molecular weight is 309 g/mol. The third-order valence-corrected chi connectivity index (χ3v) is 3.91. The monoisotopic (exact) mass is 309 g/mol. The summed E-state index contributed by atoms with van der Waals surface area (Å²) in [7, 11) is 0. The number of carbonyl (C=O) groups excluding carboxylic acids is 1. The summed E-state index contributed by atoms with van der Waals surface area (Å²) in [6.07, 6.45) is 1.78. The van der Waals surface area contributed by atoms with E-state index in [0.29, 0.717) is 5.76 Å². The highest BCUT2D eigenvalue weighted by molar-refractivity contribution is 5.90. The number of hydrogen-bond donors (Lipinski definition) is 2. The molecule has 4 heteroatoms. The fraction of sp³-hybridized carbons (Fsp3) is 0.211. The lowest BCUT2D eigenvalue weighted by Crippen LogP contribution is -2.39. The van der Waals surface area contributed by atoms with Gasteiger partial charge in [0.15, 0.2) is 0 Å². The molecule has 23 heavy (non-hydrogen) atoms. The van der Waals surface area contributed by atoms with E-state index in [4.69, 9.17) is 4.42 Å². The van der Waals surface area contributed by atoms with Crippen LogP contribution in [0.1, 0.15) is 18.2 Å². The van der Waals surface area contributed by atoms with Crippen molar-refractivity contribution in [2.75, 3.05) is 6.54 Å². The smallest absolute Gasteiger partial charge is 0.224 e. The average Bonchev–Trinajstić information content (AvgIpc) is 3.09. The molecule has 3 aromatic rings. The van der Waals surface area contributed by atoms with Crippen LogP contribution in [-0.2, 0) is 16.8 Å². The Morgan fingerprint density at radius 2 is 1.91 bits per heavy atom. The number of amides is 1. The summed E-state index contributed by atoms with van der Waals surface area (Å²) in [5.41, 5.74) is -0.254. The molecule has 1 amide bonds. The second-order valence-electron chi connectivity index (χ2n) is 5.84. The molecule has 1 unspecified atom stereocenters. The maximum absolute atomic E-state index is 12.2. The van der Waals surface area contributed by atoms with E-state index in [1.54, 1.807) is 19.1 Å². The summed E-state index contributed by atoms with van der Waals surface area (Å²) in [6.45, 7) is 1.72. The maximum atomic E-state index is 12.2. The molecule has 118 valence electrons. The molecule has 0 saturated carbocycles. The molecule has 0 radical (unpaired) electrons. The van der Waals surface area contributed by atoms with Gasteiger partial charge >= 0.3 is 0 Å². The van der Waals surface area contributed by atoms with Crippen molar-refractivity contribution in [1.82, 2.24) is 5.32 Å². The van der Waals surface area contributed by atoms with E-state index in [9.17, 15) is 9.90 Å². The molecule has 1 atom stereocenters. The van der Waals surface area contributed by atoms with Crippen molar-refractivity contribution in [3.8, 4) is 0 Å². The molecule has 1 heterocycles. The van der Waals surface area contributed by atoms with Gasteiger partial charge in [-0.25, -0.2) is 0 Å². The van der Waals surface area contributed by atoms with Gasteiger partial charge in [0, 0.05) is 0 Å². The first-order valence-corrected chi connectivity index (χ1v) is 7.56. The van der Waals surface area contributed by atoms with Crippen molar-refractivity contribution in [1.29, 1.82) is 0 Å². The molecule has 0 aliphatic heterocycles. The normalized spacial score (nSPS) is 13.7. The summed E-state index contributed by atoms with van der Waals surface area (Å²) in [4.78, 5) is 12.2. The van der Waals surface area contributed by atoms with Crippen molar-refractivity contribution < 1.29 is 14.3 Å². The minimum absolute atomic E-state index is 0.101. The van der Waals surface area contributed by atoms with Crippen molar-refractivity contribution >= 4 is 16.7 Å². The lowest BCUT2D eigenvalue weighted by Gasteiger charge is -2.21. The fourth-order valence-electron chi connectivity index (χ4n) is 2.62. The van der Waals surface area contributed by atoms with Crippen molar-refractivity contribution in [3.63, 3.8) is 0 Å². The van der Waals surface area contributed by atoms with Crippen LogP contribution in [0.15, 0.2) is 65.3 Å². The highest BCUT2D eigenvalue weighted by Gasteiger charge is 2.26. The lowest BCUT2D eigenvalue weighted by molar-refractivity contribution is -0.121. The zero-order valence-corrected chi connectivity index (χ0v) is 13.0. The van der Waals surface area contributed by atoms with Crippen LogP contribution in [0.25, 0.3) is 10.8 Å². The molecule has 3 rings (SSSR count). The Kier molecular flexibility index (Phi) is 4.17. The number of nitrogens with one attached hydrogen (secondary N) is 1. The Hall–Kier alpha value is -2.59. The second-order valence-corrected chi connectivity index (χ2v) is 5.84. The van der Waals surface area contributed by atoms with Gasteiger partial charge in [-0.05, 0) is 35.4 Å². The largest absolute Gasteiger partial charge is 0.466 e. The topological polar surface area (TPSA) is 62.5 Å². The third-order valence-electron chi connectivity index (χ3n) is 3.91. The summed E-state index contributed by atoms with van der Waals surface area (Å²) in [5, 5.41) is 15.3. The van der Waals surface area contributed by atoms with Gasteiger partial charge in [0.05, 0.1) is 19.2 Å². The minimum Gasteiger partial charge on any atom is -0.466 e. The predicted molar refractivity (Wildman–Crippen MR) is 88.9 cm³/mol. The third kappa shape index (κ3) is 3.43. The summed E-state index contributed by atoms with van der Waals surface area (Å²) >= 11 is 0. The molecule has 0 spiro atoms. The van der Waals surface area contributed by atoms with Gasteiger partial charge in [0.1, 0.15) is 11.4 Å². The van der Waals surface area contributed by atoms with Crippen LogP contribution in [0, 0.1) is 0 Å². The van der Waals surface area contributed by atoms with E-state index in [0.717, 1.165) is 16.3 Å². The Morgan fingerprint density at radius 1 is 1.13 bits per heavy atom. The van der Waals surface area contributed by atoms with E-state index < -0.39 is 5.60 Å². The van der Waals surface area contributed by atoms with E-state index in [-0.39, 0.29) is 18.9 Å². The SMILES string of the molecule is CC(O)(CNC(=O)Cc1cccc2ccccc12)c1ccco1. The fourth-order valence-corrected chi connectivity index (χ4v) is 2.62. The Bertz CT molecular complexity index is 801. The quantitative estimate of drug-likeness (QED) is 0.761. The highest BCUT2D eigenvalue weighted by Crippen LogP contribution is 2.21. The maximum Gasteiger partial charge on any atom is 0.224 e. The van der Waals surface area contributed by atoms with Crippen LogP contribution in [0.3, 0.4) is 0 Å². The first kappa shape index (κ1) is 15.3. The molecule has 0 aliphatic carbocycles. The highest BCUT2D eigenvalue weighted by atomic mass is 16.4. The van der Waals surface area contributed by atoms with Crippen LogP contribution in [-0.4, -0.2) is 17.6 Å². The molecule has 4 nitrogen and oxygen atoms in total. The Morgan fingerprint density at radius 3 is 2.70 bits per heavy atom. The van der Waals surface area contributed by atoms with Crippen LogP contribution in [0.4, 0.5) is 0 Å². The van der Waals surface area contributed by atoms with Crippen molar-refractivity contribution in [2.24, 2.45) is 0 Å².